The Morgan fingerprint density at radius 2 is 2.26 bits per heavy atom. The van der Waals surface area contributed by atoms with Gasteiger partial charge in [0.15, 0.2) is 22.1 Å². The average Bonchev–Trinajstić information content (AvgIpc) is 3.18. The number of nitrogen functional groups attached to an aromatic ring is 1. The second-order valence-corrected chi connectivity index (χ2v) is 8.59. The summed E-state index contributed by atoms with van der Waals surface area (Å²) in [4.78, 5) is 14.1. The van der Waals surface area contributed by atoms with Crippen LogP contribution in [0, 0.1) is 3.57 Å². The Morgan fingerprint density at radius 3 is 3.07 bits per heavy atom. The zero-order valence-corrected chi connectivity index (χ0v) is 17.8. The molecule has 27 heavy (non-hydrogen) atoms. The van der Waals surface area contributed by atoms with Crippen molar-refractivity contribution in [1.29, 1.82) is 0 Å². The molecular weight excluding hydrogens is 478 g/mol. The molecule has 142 valence electrons. The highest BCUT2D eigenvalue weighted by atomic mass is 127. The van der Waals surface area contributed by atoms with E-state index in [4.69, 9.17) is 10.7 Å². The molecule has 2 heterocycles. The smallest absolute Gasteiger partial charge is 0.175 e. The van der Waals surface area contributed by atoms with Crippen LogP contribution in [-0.2, 0) is 13.0 Å². The fourth-order valence-electron chi connectivity index (χ4n) is 3.31. The van der Waals surface area contributed by atoms with Crippen LogP contribution in [0.3, 0.4) is 0 Å². The zero-order chi connectivity index (χ0) is 19.0. The first-order chi connectivity index (χ1) is 13.1. The number of halogens is 2. The lowest BCUT2D eigenvalue weighted by molar-refractivity contribution is 0.343. The molecule has 0 amide bonds. The predicted molar refractivity (Wildman–Crippen MR) is 114 cm³/mol. The third-order valence-electron chi connectivity index (χ3n) is 4.69. The van der Waals surface area contributed by atoms with Gasteiger partial charge in [-0.25, -0.2) is 19.3 Å². The second-order valence-electron chi connectivity index (χ2n) is 6.42. The lowest BCUT2D eigenvalue weighted by Crippen LogP contribution is -2.19. The Bertz CT molecular complexity index is 992. The number of benzene rings is 1. The van der Waals surface area contributed by atoms with Crippen LogP contribution in [0.4, 0.5) is 10.2 Å². The fraction of sp³-hybridized carbons (Fsp3) is 0.389. The Balaban J connectivity index is 1.74. The van der Waals surface area contributed by atoms with Crippen molar-refractivity contribution in [2.45, 2.75) is 42.5 Å². The van der Waals surface area contributed by atoms with Gasteiger partial charge >= 0.3 is 0 Å². The van der Waals surface area contributed by atoms with E-state index in [9.17, 15) is 4.39 Å². The van der Waals surface area contributed by atoms with Crippen LogP contribution in [0.5, 0.6) is 0 Å². The van der Waals surface area contributed by atoms with Crippen LogP contribution in [0.15, 0.2) is 28.5 Å². The average molecular weight is 498 g/mol. The summed E-state index contributed by atoms with van der Waals surface area (Å²) in [6.07, 6.45) is 1.98. The first kappa shape index (κ1) is 18.9. The third-order valence-corrected chi connectivity index (χ3v) is 7.00. The number of aromatic nitrogens is 4. The maximum absolute atomic E-state index is 14.2. The summed E-state index contributed by atoms with van der Waals surface area (Å²) in [5.41, 5.74) is 9.27. The van der Waals surface area contributed by atoms with Gasteiger partial charge in [0.2, 0.25) is 0 Å². The summed E-state index contributed by atoms with van der Waals surface area (Å²) in [5, 5.41) is 4.12. The van der Waals surface area contributed by atoms with Gasteiger partial charge < -0.3 is 15.6 Å². The molecular formula is C18H20FIN6S. The molecule has 1 aliphatic carbocycles. The van der Waals surface area contributed by atoms with Crippen molar-refractivity contribution in [1.82, 2.24) is 24.8 Å². The number of nitrogens with two attached hydrogens (primary N) is 1. The first-order valence-corrected chi connectivity index (χ1v) is 10.8. The molecule has 1 atom stereocenters. The normalized spacial score (nSPS) is 16.2. The van der Waals surface area contributed by atoms with Gasteiger partial charge in [-0.2, -0.15) is 0 Å². The fourth-order valence-corrected chi connectivity index (χ4v) is 5.14. The van der Waals surface area contributed by atoms with E-state index >= 15 is 0 Å². The Morgan fingerprint density at radius 1 is 1.41 bits per heavy atom. The molecule has 0 fully saturated rings. The monoisotopic (exact) mass is 498 g/mol. The van der Waals surface area contributed by atoms with Crippen LogP contribution < -0.4 is 11.1 Å². The number of anilines is 1. The number of aryl methyl sites for hydroxylation is 1. The molecule has 4 rings (SSSR count). The van der Waals surface area contributed by atoms with Gasteiger partial charge in [0.05, 0.1) is 0 Å². The molecule has 0 spiro atoms. The summed E-state index contributed by atoms with van der Waals surface area (Å²) < 4.78 is 17.4. The number of imidazole rings is 1. The van der Waals surface area contributed by atoms with Crippen molar-refractivity contribution in [3.63, 3.8) is 0 Å². The van der Waals surface area contributed by atoms with E-state index in [2.05, 4.69) is 55.4 Å². The van der Waals surface area contributed by atoms with Crippen molar-refractivity contribution in [3.8, 4) is 0 Å². The summed E-state index contributed by atoms with van der Waals surface area (Å²) in [6.45, 7) is 4.48. The Hall–Kier alpha value is -1.46. The van der Waals surface area contributed by atoms with Crippen LogP contribution in [0.25, 0.3) is 11.2 Å². The van der Waals surface area contributed by atoms with E-state index < -0.39 is 6.17 Å². The van der Waals surface area contributed by atoms with Gasteiger partial charge in [0, 0.05) is 21.6 Å². The maximum Gasteiger partial charge on any atom is 0.175 e. The highest BCUT2D eigenvalue weighted by molar-refractivity contribution is 14.1. The van der Waals surface area contributed by atoms with Gasteiger partial charge in [0.25, 0.3) is 0 Å². The minimum absolute atomic E-state index is 0.372. The summed E-state index contributed by atoms with van der Waals surface area (Å²) in [6, 6.07) is 4.07. The summed E-state index contributed by atoms with van der Waals surface area (Å²) in [5.74, 6) is 0.372. The van der Waals surface area contributed by atoms with Gasteiger partial charge in [-0.1, -0.05) is 18.7 Å². The Labute approximate surface area is 174 Å². The molecule has 3 N–H and O–H groups in total. The topological polar surface area (TPSA) is 81.7 Å². The predicted octanol–water partition coefficient (Wildman–Crippen LogP) is 3.73. The molecule has 0 saturated carbocycles. The van der Waals surface area contributed by atoms with E-state index in [1.165, 1.54) is 18.1 Å². The molecule has 1 aromatic carbocycles. The minimum Gasteiger partial charge on any atom is -0.382 e. The minimum atomic E-state index is -0.870. The van der Waals surface area contributed by atoms with Crippen LogP contribution in [-0.4, -0.2) is 32.6 Å². The van der Waals surface area contributed by atoms with Crippen LogP contribution >= 0.6 is 34.4 Å². The summed E-state index contributed by atoms with van der Waals surface area (Å²) in [7, 11) is 0. The van der Waals surface area contributed by atoms with Gasteiger partial charge in [-0.15, -0.1) is 0 Å². The van der Waals surface area contributed by atoms with E-state index in [1.807, 2.05) is 6.07 Å². The number of fused-ring (bicyclic) bond motifs is 2. The number of nitrogens with zero attached hydrogens (tertiary/aromatic N) is 4. The standard InChI is InChI=1S/C18H20FIN6S/c1-2-22-5-6-26-17-15(16(21)23-9-24-17)25-18(26)27-14-8-11-10(7-13(14)20)3-4-12(11)19/h7-9,12,22H,2-6H2,1H3,(H2,21,23,24). The molecule has 9 heteroatoms. The third kappa shape index (κ3) is 3.64. The second kappa shape index (κ2) is 7.88. The van der Waals surface area contributed by atoms with E-state index in [0.29, 0.717) is 17.8 Å². The van der Waals surface area contributed by atoms with Crippen molar-refractivity contribution in [3.05, 3.63) is 33.2 Å². The molecule has 6 nitrogen and oxygen atoms in total. The molecule has 2 aromatic heterocycles. The molecule has 1 aliphatic rings. The first-order valence-electron chi connectivity index (χ1n) is 8.90. The number of hydrogen-bond donors (Lipinski definition) is 2. The number of hydrogen-bond acceptors (Lipinski definition) is 6. The largest absolute Gasteiger partial charge is 0.382 e. The SMILES string of the molecule is CCNCCn1c(Sc2cc3c(cc2I)CCC3F)nc2c(N)ncnc21. The molecule has 0 saturated heterocycles. The number of alkyl halides is 1. The highest BCUT2D eigenvalue weighted by Crippen LogP contribution is 2.41. The molecule has 3 aromatic rings. The number of rotatable bonds is 6. The van der Waals surface area contributed by atoms with Crippen LogP contribution in [0.2, 0.25) is 0 Å². The van der Waals surface area contributed by atoms with E-state index in [0.717, 1.165) is 56.5 Å². The van der Waals surface area contributed by atoms with E-state index in [1.54, 1.807) is 0 Å². The van der Waals surface area contributed by atoms with Gasteiger partial charge in [0.1, 0.15) is 12.5 Å². The van der Waals surface area contributed by atoms with Gasteiger partial charge in [-0.05, 0) is 65.2 Å². The molecule has 0 radical (unpaired) electrons. The van der Waals surface area contributed by atoms with Crippen LogP contribution in [0.1, 0.15) is 30.6 Å². The van der Waals surface area contributed by atoms with Crippen molar-refractivity contribution in [2.24, 2.45) is 0 Å². The molecule has 1 unspecified atom stereocenters. The lowest BCUT2D eigenvalue weighted by atomic mass is 10.1. The maximum atomic E-state index is 14.2. The number of likely N-dealkylation sites (N-methyl/N-ethyl adjacent to an activating group) is 1. The molecule has 0 aliphatic heterocycles. The lowest BCUT2D eigenvalue weighted by Gasteiger charge is -2.11. The zero-order valence-electron chi connectivity index (χ0n) is 14.9. The Kier molecular flexibility index (Phi) is 5.51. The van der Waals surface area contributed by atoms with Crippen molar-refractivity contribution < 1.29 is 4.39 Å². The van der Waals surface area contributed by atoms with E-state index in [-0.39, 0.29) is 0 Å². The summed E-state index contributed by atoms with van der Waals surface area (Å²) >= 11 is 3.84. The number of nitrogens with one attached hydrogen (secondary N) is 1. The highest BCUT2D eigenvalue weighted by Gasteiger charge is 2.24. The van der Waals surface area contributed by atoms with Crippen molar-refractivity contribution >= 4 is 51.3 Å². The molecule has 0 bridgehead atoms. The quantitative estimate of drug-likeness (QED) is 0.398. The van der Waals surface area contributed by atoms with Crippen molar-refractivity contribution in [2.75, 3.05) is 18.8 Å². The van der Waals surface area contributed by atoms with Gasteiger partial charge in [-0.3, -0.25) is 0 Å².